The van der Waals surface area contributed by atoms with E-state index >= 15 is 0 Å². The highest BCUT2D eigenvalue weighted by Gasteiger charge is 2.37. The van der Waals surface area contributed by atoms with E-state index < -0.39 is 15.5 Å². The van der Waals surface area contributed by atoms with Gasteiger partial charge in [-0.05, 0) is 12.8 Å². The lowest BCUT2D eigenvalue weighted by atomic mass is 10.5. The number of aromatic amines is 1. The van der Waals surface area contributed by atoms with Crippen LogP contribution in [0.25, 0.3) is 0 Å². The highest BCUT2D eigenvalue weighted by atomic mass is 32.2. The monoisotopic (exact) mass is 242 g/mol. The van der Waals surface area contributed by atoms with Crippen molar-refractivity contribution in [3.63, 3.8) is 0 Å². The van der Waals surface area contributed by atoms with Gasteiger partial charge in [-0.25, -0.2) is 8.42 Å². The minimum Gasteiger partial charge on any atom is -0.366 e. The molecule has 0 saturated heterocycles. The SMILES string of the molecule is CCN(C1CC1)S(=O)(=O)c1c[nH]ccc1=O. The molecule has 0 amide bonds. The molecule has 1 saturated carbocycles. The van der Waals surface area contributed by atoms with Crippen LogP contribution in [0, 0.1) is 0 Å². The third-order valence-electron chi connectivity index (χ3n) is 2.64. The van der Waals surface area contributed by atoms with E-state index in [4.69, 9.17) is 0 Å². The van der Waals surface area contributed by atoms with Crippen LogP contribution in [0.3, 0.4) is 0 Å². The number of pyridine rings is 1. The number of H-pyrrole nitrogens is 1. The smallest absolute Gasteiger partial charge is 0.248 e. The Kier molecular flexibility index (Phi) is 2.86. The minimum absolute atomic E-state index is 0.0783. The lowest BCUT2D eigenvalue weighted by molar-refractivity contribution is 0.420. The molecule has 1 aromatic rings. The number of sulfonamides is 1. The first-order valence-corrected chi connectivity index (χ1v) is 6.70. The van der Waals surface area contributed by atoms with Crippen molar-refractivity contribution in [2.24, 2.45) is 0 Å². The Balaban J connectivity index is 2.45. The van der Waals surface area contributed by atoms with Gasteiger partial charge in [-0.1, -0.05) is 6.92 Å². The van der Waals surface area contributed by atoms with Crippen LogP contribution in [0.4, 0.5) is 0 Å². The standard InChI is InChI=1S/C10H14N2O3S/c1-2-12(8-3-4-8)16(14,15)10-7-11-6-5-9(10)13/h5-8H,2-4H2,1H3,(H,11,13). The zero-order valence-corrected chi connectivity index (χ0v) is 9.83. The largest absolute Gasteiger partial charge is 0.366 e. The van der Waals surface area contributed by atoms with E-state index in [1.807, 2.05) is 0 Å². The Bertz CT molecular complexity index is 531. The first-order valence-electron chi connectivity index (χ1n) is 5.26. The second-order valence-electron chi connectivity index (χ2n) is 3.81. The van der Waals surface area contributed by atoms with Gasteiger partial charge in [0.2, 0.25) is 15.5 Å². The van der Waals surface area contributed by atoms with Crippen molar-refractivity contribution in [2.45, 2.75) is 30.7 Å². The first kappa shape index (κ1) is 11.3. The van der Waals surface area contributed by atoms with Gasteiger partial charge in [-0.2, -0.15) is 4.31 Å². The van der Waals surface area contributed by atoms with Crippen molar-refractivity contribution >= 4 is 10.0 Å². The van der Waals surface area contributed by atoms with Gasteiger partial charge in [0.1, 0.15) is 4.90 Å². The highest BCUT2D eigenvalue weighted by Crippen LogP contribution is 2.30. The molecule has 0 bridgehead atoms. The van der Waals surface area contributed by atoms with Gasteiger partial charge < -0.3 is 4.98 Å². The summed E-state index contributed by atoms with van der Waals surface area (Å²) in [7, 11) is -3.63. The second-order valence-corrected chi connectivity index (χ2v) is 5.67. The van der Waals surface area contributed by atoms with Crippen LogP contribution in [-0.4, -0.2) is 30.3 Å². The number of rotatable bonds is 4. The van der Waals surface area contributed by atoms with E-state index in [9.17, 15) is 13.2 Å². The molecule has 0 spiro atoms. The van der Waals surface area contributed by atoms with Crippen molar-refractivity contribution in [1.29, 1.82) is 0 Å². The molecule has 5 nitrogen and oxygen atoms in total. The Hall–Kier alpha value is -1.14. The molecule has 0 atom stereocenters. The van der Waals surface area contributed by atoms with Crippen LogP contribution in [0.1, 0.15) is 19.8 Å². The van der Waals surface area contributed by atoms with Crippen molar-refractivity contribution in [2.75, 3.05) is 6.54 Å². The maximum atomic E-state index is 12.2. The molecule has 1 aliphatic rings. The Morgan fingerprint density at radius 1 is 1.50 bits per heavy atom. The molecule has 1 N–H and O–H groups in total. The van der Waals surface area contributed by atoms with Gasteiger partial charge in [0.05, 0.1) is 0 Å². The average Bonchev–Trinajstić information content (AvgIpc) is 3.03. The summed E-state index contributed by atoms with van der Waals surface area (Å²) in [4.78, 5) is 14.0. The van der Waals surface area contributed by atoms with Gasteiger partial charge >= 0.3 is 0 Å². The predicted octanol–water partition coefficient (Wildman–Crippen LogP) is 0.548. The van der Waals surface area contributed by atoms with Crippen molar-refractivity contribution in [3.05, 3.63) is 28.7 Å². The van der Waals surface area contributed by atoms with Crippen molar-refractivity contribution in [3.8, 4) is 0 Å². The van der Waals surface area contributed by atoms with Gasteiger partial charge in [0.15, 0.2) is 0 Å². The Labute approximate surface area is 94.2 Å². The van der Waals surface area contributed by atoms with E-state index in [1.54, 1.807) is 6.92 Å². The molecule has 1 fully saturated rings. The molecular formula is C10H14N2O3S. The lowest BCUT2D eigenvalue weighted by Gasteiger charge is -2.19. The third-order valence-corrected chi connectivity index (χ3v) is 4.69. The van der Waals surface area contributed by atoms with E-state index in [0.717, 1.165) is 12.8 Å². The predicted molar refractivity (Wildman–Crippen MR) is 59.7 cm³/mol. The zero-order valence-electron chi connectivity index (χ0n) is 9.01. The van der Waals surface area contributed by atoms with E-state index in [0.29, 0.717) is 6.54 Å². The molecule has 1 aliphatic carbocycles. The summed E-state index contributed by atoms with van der Waals surface area (Å²) in [5.41, 5.74) is -0.460. The van der Waals surface area contributed by atoms with Gasteiger partial charge in [-0.15, -0.1) is 0 Å². The number of hydrogen-bond acceptors (Lipinski definition) is 3. The molecule has 0 aliphatic heterocycles. The Morgan fingerprint density at radius 3 is 2.69 bits per heavy atom. The molecule has 1 aromatic heterocycles. The van der Waals surface area contributed by atoms with Crippen LogP contribution < -0.4 is 5.43 Å². The molecule has 0 radical (unpaired) electrons. The number of aromatic nitrogens is 1. The quantitative estimate of drug-likeness (QED) is 0.838. The zero-order chi connectivity index (χ0) is 11.8. The topological polar surface area (TPSA) is 70.2 Å². The van der Waals surface area contributed by atoms with Crippen LogP contribution in [-0.2, 0) is 10.0 Å². The maximum Gasteiger partial charge on any atom is 0.248 e. The maximum absolute atomic E-state index is 12.2. The van der Waals surface area contributed by atoms with Crippen LogP contribution in [0.2, 0.25) is 0 Å². The average molecular weight is 242 g/mol. The molecule has 0 unspecified atom stereocenters. The summed E-state index contributed by atoms with van der Waals surface area (Å²) in [5.74, 6) is 0. The van der Waals surface area contributed by atoms with Gasteiger partial charge in [0, 0.05) is 31.0 Å². The first-order chi connectivity index (χ1) is 7.57. The summed E-state index contributed by atoms with van der Waals surface area (Å²) < 4.78 is 25.7. The number of nitrogens with one attached hydrogen (secondary N) is 1. The van der Waals surface area contributed by atoms with Gasteiger partial charge in [0.25, 0.3) is 0 Å². The van der Waals surface area contributed by atoms with Crippen LogP contribution in [0.5, 0.6) is 0 Å². The van der Waals surface area contributed by atoms with Crippen molar-refractivity contribution < 1.29 is 8.42 Å². The summed E-state index contributed by atoms with van der Waals surface area (Å²) >= 11 is 0. The molecule has 88 valence electrons. The number of hydrogen-bond donors (Lipinski definition) is 1. The van der Waals surface area contributed by atoms with Gasteiger partial charge in [-0.3, -0.25) is 4.79 Å². The molecule has 1 heterocycles. The fraction of sp³-hybridized carbons (Fsp3) is 0.500. The number of nitrogens with zero attached hydrogens (tertiary/aromatic N) is 1. The summed E-state index contributed by atoms with van der Waals surface area (Å²) in [6.45, 7) is 2.19. The summed E-state index contributed by atoms with van der Waals surface area (Å²) in [6, 6.07) is 1.31. The van der Waals surface area contributed by atoms with E-state index in [2.05, 4.69) is 4.98 Å². The molecular weight excluding hydrogens is 228 g/mol. The fourth-order valence-electron chi connectivity index (χ4n) is 1.72. The summed E-state index contributed by atoms with van der Waals surface area (Å²) in [6.07, 6.45) is 4.45. The normalized spacial score (nSPS) is 16.6. The molecule has 16 heavy (non-hydrogen) atoms. The highest BCUT2D eigenvalue weighted by molar-refractivity contribution is 7.89. The van der Waals surface area contributed by atoms with E-state index in [1.165, 1.54) is 22.8 Å². The van der Waals surface area contributed by atoms with Crippen LogP contribution >= 0.6 is 0 Å². The molecule has 6 heteroatoms. The minimum atomic E-state index is -3.63. The summed E-state index contributed by atoms with van der Waals surface area (Å²) in [5, 5.41) is 0. The van der Waals surface area contributed by atoms with E-state index in [-0.39, 0.29) is 10.9 Å². The third kappa shape index (κ3) is 1.90. The lowest BCUT2D eigenvalue weighted by Crippen LogP contribution is -2.35. The molecule has 0 aromatic carbocycles. The van der Waals surface area contributed by atoms with Crippen molar-refractivity contribution in [1.82, 2.24) is 9.29 Å². The Morgan fingerprint density at radius 2 is 2.19 bits per heavy atom. The van der Waals surface area contributed by atoms with Crippen LogP contribution in [0.15, 0.2) is 28.2 Å². The second kappa shape index (κ2) is 4.03. The molecule has 2 rings (SSSR count). The fourth-order valence-corrected chi connectivity index (χ4v) is 3.45.